The highest BCUT2D eigenvalue weighted by atomic mass is 32.2. The fourth-order valence-corrected chi connectivity index (χ4v) is 6.85. The number of likely N-dealkylation sites (tertiary alicyclic amines) is 1. The van der Waals surface area contributed by atoms with Crippen LogP contribution in [0.15, 0.2) is 72.4 Å². The van der Waals surface area contributed by atoms with Gasteiger partial charge >= 0.3 is 0 Å². The van der Waals surface area contributed by atoms with Gasteiger partial charge in [-0.2, -0.15) is 4.31 Å². The molecule has 0 bridgehead atoms. The quantitative estimate of drug-likeness (QED) is 0.451. The molecule has 2 saturated heterocycles. The van der Waals surface area contributed by atoms with Gasteiger partial charge in [-0.15, -0.1) is 0 Å². The molecule has 12 heteroatoms. The molecule has 4 heterocycles. The molecule has 0 saturated carbocycles. The lowest BCUT2D eigenvalue weighted by molar-refractivity contribution is -0.138. The molecule has 2 amide bonds. The van der Waals surface area contributed by atoms with E-state index in [1.165, 1.54) is 17.2 Å². The van der Waals surface area contributed by atoms with Gasteiger partial charge in [0.05, 0.1) is 18.9 Å². The predicted molar refractivity (Wildman–Crippen MR) is 141 cm³/mol. The number of amides is 2. The van der Waals surface area contributed by atoms with Gasteiger partial charge in [0.25, 0.3) is 15.9 Å². The standard InChI is InChI=1S/C27H30N6O5S/c1-18(2)15-21(30-26(35)19-6-8-20(9-7-19)31-14-12-28-17-31)27(36)32-13-10-22-25(32)23(34)16-33(22)39(37,38)24-5-3-4-11-29-24/h3-9,11-12,14,17-18,21-22,25H,10,13,15-16H2,1-2H3,(H,30,35). The minimum Gasteiger partial charge on any atom is -0.340 e. The van der Waals surface area contributed by atoms with Crippen molar-refractivity contribution in [2.75, 3.05) is 13.1 Å². The molecule has 2 fully saturated rings. The number of hydrogen-bond donors (Lipinski definition) is 1. The molecule has 1 N–H and O–H groups in total. The van der Waals surface area contributed by atoms with Crippen molar-refractivity contribution in [3.05, 3.63) is 72.9 Å². The van der Waals surface area contributed by atoms with Crippen LogP contribution in [0, 0.1) is 5.92 Å². The lowest BCUT2D eigenvalue weighted by atomic mass is 10.0. The highest BCUT2D eigenvalue weighted by Gasteiger charge is 2.54. The molecule has 1 aromatic carbocycles. The van der Waals surface area contributed by atoms with E-state index in [2.05, 4.69) is 15.3 Å². The van der Waals surface area contributed by atoms with Crippen LogP contribution in [0.1, 0.15) is 37.0 Å². The summed E-state index contributed by atoms with van der Waals surface area (Å²) in [6.45, 7) is 3.79. The number of benzene rings is 1. The van der Waals surface area contributed by atoms with E-state index in [4.69, 9.17) is 0 Å². The number of imidazole rings is 1. The monoisotopic (exact) mass is 550 g/mol. The summed E-state index contributed by atoms with van der Waals surface area (Å²) >= 11 is 0. The van der Waals surface area contributed by atoms with Crippen molar-refractivity contribution in [3.63, 3.8) is 0 Å². The van der Waals surface area contributed by atoms with Crippen molar-refractivity contribution in [1.82, 2.24) is 29.1 Å². The average Bonchev–Trinajstić information content (AvgIpc) is 3.67. The maximum absolute atomic E-state index is 13.7. The zero-order valence-electron chi connectivity index (χ0n) is 21.7. The van der Waals surface area contributed by atoms with Gasteiger partial charge in [-0.05, 0) is 55.2 Å². The number of carbonyl (C=O) groups is 3. The normalized spacial score (nSPS) is 20.3. The molecular weight excluding hydrogens is 520 g/mol. The van der Waals surface area contributed by atoms with Gasteiger partial charge in [0.2, 0.25) is 5.91 Å². The van der Waals surface area contributed by atoms with E-state index < -0.39 is 34.1 Å². The molecule has 3 aromatic rings. The number of ketones is 1. The Morgan fingerprint density at radius 1 is 1.10 bits per heavy atom. The molecule has 2 aromatic heterocycles. The average molecular weight is 551 g/mol. The van der Waals surface area contributed by atoms with E-state index in [0.717, 1.165) is 9.99 Å². The van der Waals surface area contributed by atoms with Crippen LogP contribution in [0.3, 0.4) is 0 Å². The molecule has 0 radical (unpaired) electrons. The van der Waals surface area contributed by atoms with Crippen molar-refractivity contribution < 1.29 is 22.8 Å². The maximum Gasteiger partial charge on any atom is 0.261 e. The first-order valence-electron chi connectivity index (χ1n) is 12.8. The van der Waals surface area contributed by atoms with Crippen LogP contribution in [-0.2, 0) is 19.6 Å². The fourth-order valence-electron chi connectivity index (χ4n) is 5.29. The SMILES string of the molecule is CC(C)CC(NC(=O)c1ccc(-n2ccnc2)cc1)C(=O)N1CCC2C1C(=O)CN2S(=O)(=O)c1ccccn1. The van der Waals surface area contributed by atoms with Gasteiger partial charge in [-0.1, -0.05) is 19.9 Å². The number of nitrogens with one attached hydrogen (secondary N) is 1. The second-order valence-corrected chi connectivity index (χ2v) is 12.0. The Morgan fingerprint density at radius 3 is 2.51 bits per heavy atom. The van der Waals surface area contributed by atoms with E-state index in [1.54, 1.807) is 55.1 Å². The van der Waals surface area contributed by atoms with Crippen molar-refractivity contribution in [2.24, 2.45) is 5.92 Å². The first kappa shape index (κ1) is 26.7. The van der Waals surface area contributed by atoms with Gasteiger partial charge in [-0.3, -0.25) is 14.4 Å². The third-order valence-corrected chi connectivity index (χ3v) is 8.90. The number of nitrogens with zero attached hydrogens (tertiary/aromatic N) is 5. The van der Waals surface area contributed by atoms with Gasteiger partial charge in [0.1, 0.15) is 12.1 Å². The number of aromatic nitrogens is 3. The highest BCUT2D eigenvalue weighted by Crippen LogP contribution is 2.34. The Kier molecular flexibility index (Phi) is 7.32. The van der Waals surface area contributed by atoms with Crippen LogP contribution in [0.2, 0.25) is 0 Å². The lowest BCUT2D eigenvalue weighted by Gasteiger charge is -2.29. The molecule has 3 atom stereocenters. The van der Waals surface area contributed by atoms with E-state index in [1.807, 2.05) is 18.4 Å². The second-order valence-electron chi connectivity index (χ2n) is 10.2. The Morgan fingerprint density at radius 2 is 1.87 bits per heavy atom. The van der Waals surface area contributed by atoms with E-state index >= 15 is 0 Å². The van der Waals surface area contributed by atoms with Gasteiger partial charge in [0, 0.05) is 36.4 Å². The van der Waals surface area contributed by atoms with E-state index in [9.17, 15) is 22.8 Å². The smallest absolute Gasteiger partial charge is 0.261 e. The molecule has 204 valence electrons. The third-order valence-electron chi connectivity index (χ3n) is 7.11. The predicted octanol–water partition coefficient (Wildman–Crippen LogP) is 1.65. The molecule has 5 rings (SSSR count). The van der Waals surface area contributed by atoms with E-state index in [0.29, 0.717) is 18.4 Å². The first-order chi connectivity index (χ1) is 18.7. The van der Waals surface area contributed by atoms with E-state index in [-0.39, 0.29) is 35.7 Å². The molecule has 2 aliphatic heterocycles. The third kappa shape index (κ3) is 5.21. The zero-order valence-corrected chi connectivity index (χ0v) is 22.5. The summed E-state index contributed by atoms with van der Waals surface area (Å²) in [5.74, 6) is -1.04. The summed E-state index contributed by atoms with van der Waals surface area (Å²) in [6, 6.07) is 9.08. The highest BCUT2D eigenvalue weighted by molar-refractivity contribution is 7.89. The minimum atomic E-state index is -4.00. The Hall–Kier alpha value is -3.90. The Balaban J connectivity index is 1.33. The van der Waals surface area contributed by atoms with Gasteiger partial charge < -0.3 is 14.8 Å². The summed E-state index contributed by atoms with van der Waals surface area (Å²) in [6.07, 6.45) is 7.19. The van der Waals surface area contributed by atoms with Crippen molar-refractivity contribution in [1.29, 1.82) is 0 Å². The van der Waals surface area contributed by atoms with Crippen LogP contribution in [0.4, 0.5) is 0 Å². The summed E-state index contributed by atoms with van der Waals surface area (Å²) in [5.41, 5.74) is 1.23. The molecule has 11 nitrogen and oxygen atoms in total. The summed E-state index contributed by atoms with van der Waals surface area (Å²) < 4.78 is 29.4. The minimum absolute atomic E-state index is 0.0848. The number of fused-ring (bicyclic) bond motifs is 1. The number of Topliss-reactive ketones (excluding diaryl/α,β-unsaturated/α-hetero) is 1. The summed E-state index contributed by atoms with van der Waals surface area (Å²) in [7, 11) is -4.00. The number of hydrogen-bond acceptors (Lipinski definition) is 7. The Labute approximate surface area is 226 Å². The van der Waals surface area contributed by atoms with Crippen molar-refractivity contribution in [3.8, 4) is 5.69 Å². The molecule has 39 heavy (non-hydrogen) atoms. The van der Waals surface area contributed by atoms with Crippen LogP contribution < -0.4 is 5.32 Å². The van der Waals surface area contributed by atoms with Crippen LogP contribution >= 0.6 is 0 Å². The summed E-state index contributed by atoms with van der Waals surface area (Å²) in [5, 5.41) is 2.72. The van der Waals surface area contributed by atoms with Crippen LogP contribution in [-0.4, -0.2) is 81.0 Å². The second kappa shape index (κ2) is 10.7. The van der Waals surface area contributed by atoms with Gasteiger partial charge in [-0.25, -0.2) is 18.4 Å². The molecule has 3 unspecified atom stereocenters. The number of sulfonamides is 1. The molecule has 0 aliphatic carbocycles. The number of rotatable bonds is 8. The number of pyridine rings is 1. The van der Waals surface area contributed by atoms with Crippen molar-refractivity contribution >= 4 is 27.6 Å². The Bertz CT molecular complexity index is 1460. The molecular formula is C27H30N6O5S. The topological polar surface area (TPSA) is 135 Å². The van der Waals surface area contributed by atoms with Gasteiger partial charge in [0.15, 0.2) is 10.8 Å². The summed E-state index contributed by atoms with van der Waals surface area (Å²) in [4.78, 5) is 49.3. The first-order valence-corrected chi connectivity index (χ1v) is 14.3. The lowest BCUT2D eigenvalue weighted by Crippen LogP contribution is -2.53. The van der Waals surface area contributed by atoms with Crippen LogP contribution in [0.25, 0.3) is 5.69 Å². The zero-order chi connectivity index (χ0) is 27.7. The van der Waals surface area contributed by atoms with Crippen LogP contribution in [0.5, 0.6) is 0 Å². The fraction of sp³-hybridized carbons (Fsp3) is 0.370. The molecule has 0 spiro atoms. The number of carbonyl (C=O) groups excluding carboxylic acids is 3. The molecule has 2 aliphatic rings. The van der Waals surface area contributed by atoms with Crippen molar-refractivity contribution in [2.45, 2.75) is 49.8 Å². The maximum atomic E-state index is 13.7. The largest absolute Gasteiger partial charge is 0.340 e.